The van der Waals surface area contributed by atoms with Crippen LogP contribution < -0.4 is 0 Å². The first kappa shape index (κ1) is 18.6. The zero-order chi connectivity index (χ0) is 18.4. The van der Waals surface area contributed by atoms with Crippen molar-refractivity contribution in [3.8, 4) is 0 Å². The van der Waals surface area contributed by atoms with Gasteiger partial charge in [-0.05, 0) is 55.1 Å². The highest BCUT2D eigenvalue weighted by atomic mass is 16.3. The number of benzene rings is 3. The van der Waals surface area contributed by atoms with Gasteiger partial charge in [0.1, 0.15) is 0 Å². The van der Waals surface area contributed by atoms with Crippen LogP contribution in [0.3, 0.4) is 0 Å². The second kappa shape index (κ2) is 8.98. The van der Waals surface area contributed by atoms with E-state index >= 15 is 0 Å². The Kier molecular flexibility index (Phi) is 6.43. The molecule has 1 atom stereocenters. The summed E-state index contributed by atoms with van der Waals surface area (Å²) in [6, 6.07) is 25.6. The number of rotatable bonds is 8. The fourth-order valence-corrected chi connectivity index (χ4v) is 3.52. The lowest BCUT2D eigenvalue weighted by Gasteiger charge is -2.27. The van der Waals surface area contributed by atoms with Gasteiger partial charge in [0.15, 0.2) is 0 Å². The summed E-state index contributed by atoms with van der Waals surface area (Å²) >= 11 is 0. The summed E-state index contributed by atoms with van der Waals surface area (Å²) in [4.78, 5) is 2.48. The van der Waals surface area contributed by atoms with Crippen molar-refractivity contribution in [2.45, 2.75) is 45.4 Å². The third kappa shape index (κ3) is 4.72. The van der Waals surface area contributed by atoms with E-state index < -0.39 is 6.10 Å². The summed E-state index contributed by atoms with van der Waals surface area (Å²) in [6.07, 6.45) is 1.35. The lowest BCUT2D eigenvalue weighted by atomic mass is 9.97. The third-order valence-corrected chi connectivity index (χ3v) is 5.06. The maximum Gasteiger partial charge on any atom is 0.0796 e. The lowest BCUT2D eigenvalue weighted by molar-refractivity contribution is 0.147. The van der Waals surface area contributed by atoms with Crippen molar-refractivity contribution in [3.63, 3.8) is 0 Å². The van der Waals surface area contributed by atoms with Gasteiger partial charge in [-0.15, -0.1) is 0 Å². The molecule has 3 rings (SSSR count). The number of aliphatic hydroxyl groups excluding tert-OH is 1. The zero-order valence-corrected chi connectivity index (χ0v) is 15.8. The minimum Gasteiger partial charge on any atom is -0.388 e. The number of fused-ring (bicyclic) bond motifs is 1. The first-order chi connectivity index (χ1) is 12.6. The molecule has 0 amide bonds. The molecule has 0 heterocycles. The van der Waals surface area contributed by atoms with Gasteiger partial charge in [0.05, 0.1) is 6.10 Å². The molecule has 3 aromatic carbocycles. The second-order valence-electron chi connectivity index (χ2n) is 7.28. The van der Waals surface area contributed by atoms with E-state index in [2.05, 4.69) is 73.3 Å². The first-order valence-corrected chi connectivity index (χ1v) is 9.59. The van der Waals surface area contributed by atoms with Gasteiger partial charge in [-0.3, -0.25) is 4.90 Å². The van der Waals surface area contributed by atoms with E-state index in [1.54, 1.807) is 0 Å². The third-order valence-electron chi connectivity index (χ3n) is 5.06. The van der Waals surface area contributed by atoms with E-state index in [0.29, 0.717) is 6.04 Å². The summed E-state index contributed by atoms with van der Waals surface area (Å²) in [7, 11) is 0. The van der Waals surface area contributed by atoms with Crippen LogP contribution in [-0.2, 0) is 6.54 Å². The fraction of sp³-hybridized carbons (Fsp3) is 0.333. The molecule has 0 saturated carbocycles. The van der Waals surface area contributed by atoms with Crippen molar-refractivity contribution in [1.29, 1.82) is 0 Å². The summed E-state index contributed by atoms with van der Waals surface area (Å²) in [5.74, 6) is 0. The highest BCUT2D eigenvalue weighted by Crippen LogP contribution is 2.27. The van der Waals surface area contributed by atoms with Crippen LogP contribution >= 0.6 is 0 Å². The van der Waals surface area contributed by atoms with Gasteiger partial charge >= 0.3 is 0 Å². The predicted octanol–water partition coefficient (Wildman–Crippen LogP) is 5.56. The van der Waals surface area contributed by atoms with Crippen molar-refractivity contribution in [1.82, 2.24) is 4.90 Å². The molecule has 26 heavy (non-hydrogen) atoms. The van der Waals surface area contributed by atoms with E-state index in [0.717, 1.165) is 36.9 Å². The number of hydrogen-bond donors (Lipinski definition) is 1. The quantitative estimate of drug-likeness (QED) is 0.576. The molecule has 136 valence electrons. The number of nitrogens with zero attached hydrogens (tertiary/aromatic N) is 1. The average Bonchev–Trinajstić information content (AvgIpc) is 2.67. The van der Waals surface area contributed by atoms with Crippen LogP contribution in [0.15, 0.2) is 72.8 Å². The summed E-state index contributed by atoms with van der Waals surface area (Å²) < 4.78 is 0. The molecule has 0 aromatic heterocycles. The van der Waals surface area contributed by atoms with Crippen molar-refractivity contribution < 1.29 is 5.11 Å². The van der Waals surface area contributed by atoms with Gasteiger partial charge < -0.3 is 5.11 Å². The average molecular weight is 348 g/mol. The van der Waals surface area contributed by atoms with Gasteiger partial charge in [-0.1, -0.05) is 72.8 Å². The second-order valence-corrected chi connectivity index (χ2v) is 7.28. The van der Waals surface area contributed by atoms with Gasteiger partial charge in [-0.2, -0.15) is 0 Å². The fourth-order valence-electron chi connectivity index (χ4n) is 3.52. The Morgan fingerprint density at radius 1 is 0.846 bits per heavy atom. The lowest BCUT2D eigenvalue weighted by Crippen LogP contribution is -2.31. The van der Waals surface area contributed by atoms with E-state index in [1.165, 1.54) is 10.9 Å². The maximum atomic E-state index is 10.7. The zero-order valence-electron chi connectivity index (χ0n) is 15.8. The SMILES string of the molecule is CC(C)N(CCCC(O)c1cccc2ccccc12)Cc1ccccc1. The Morgan fingerprint density at radius 3 is 2.31 bits per heavy atom. The van der Waals surface area contributed by atoms with Crippen LogP contribution in [-0.4, -0.2) is 22.6 Å². The molecule has 0 aliphatic carbocycles. The monoisotopic (exact) mass is 347 g/mol. The molecule has 3 aromatic rings. The van der Waals surface area contributed by atoms with Crippen molar-refractivity contribution in [2.75, 3.05) is 6.54 Å². The van der Waals surface area contributed by atoms with Crippen LogP contribution in [0.5, 0.6) is 0 Å². The van der Waals surface area contributed by atoms with Crippen LogP contribution in [0, 0.1) is 0 Å². The first-order valence-electron chi connectivity index (χ1n) is 9.59. The summed E-state index contributed by atoms with van der Waals surface area (Å²) in [6.45, 7) is 6.44. The Hall–Kier alpha value is -2.16. The molecule has 0 radical (unpaired) electrons. The van der Waals surface area contributed by atoms with E-state index in [1.807, 2.05) is 18.2 Å². The highest BCUT2D eigenvalue weighted by Gasteiger charge is 2.14. The summed E-state index contributed by atoms with van der Waals surface area (Å²) in [5.41, 5.74) is 2.39. The minimum absolute atomic E-state index is 0.410. The van der Waals surface area contributed by atoms with Crippen molar-refractivity contribution in [2.24, 2.45) is 0 Å². The van der Waals surface area contributed by atoms with Gasteiger partial charge in [-0.25, -0.2) is 0 Å². The summed E-state index contributed by atoms with van der Waals surface area (Å²) in [5, 5.41) is 13.1. The van der Waals surface area contributed by atoms with Crippen molar-refractivity contribution >= 4 is 10.8 Å². The van der Waals surface area contributed by atoms with E-state index in [9.17, 15) is 5.11 Å². The Labute approximate surface area is 157 Å². The Balaban J connectivity index is 1.60. The van der Waals surface area contributed by atoms with E-state index in [4.69, 9.17) is 0 Å². The molecule has 2 heteroatoms. The Morgan fingerprint density at radius 2 is 1.54 bits per heavy atom. The number of aliphatic hydroxyl groups is 1. The Bertz CT molecular complexity index is 807. The molecule has 0 spiro atoms. The van der Waals surface area contributed by atoms with Crippen LogP contribution in [0.25, 0.3) is 10.8 Å². The van der Waals surface area contributed by atoms with E-state index in [-0.39, 0.29) is 0 Å². The molecule has 2 nitrogen and oxygen atoms in total. The highest BCUT2D eigenvalue weighted by molar-refractivity contribution is 5.85. The van der Waals surface area contributed by atoms with Gasteiger partial charge in [0.2, 0.25) is 0 Å². The molecule has 0 aliphatic rings. The number of hydrogen-bond acceptors (Lipinski definition) is 2. The molecule has 0 fully saturated rings. The largest absolute Gasteiger partial charge is 0.388 e. The molecule has 0 bridgehead atoms. The topological polar surface area (TPSA) is 23.5 Å². The van der Waals surface area contributed by atoms with Crippen LogP contribution in [0.2, 0.25) is 0 Å². The molecule has 1 N–H and O–H groups in total. The van der Waals surface area contributed by atoms with Gasteiger partial charge in [0.25, 0.3) is 0 Å². The molecular formula is C24H29NO. The molecular weight excluding hydrogens is 318 g/mol. The maximum absolute atomic E-state index is 10.7. The molecule has 1 unspecified atom stereocenters. The van der Waals surface area contributed by atoms with Crippen LogP contribution in [0.1, 0.15) is 43.9 Å². The minimum atomic E-state index is -0.410. The standard InChI is InChI=1S/C24H29NO/c1-19(2)25(18-20-10-4-3-5-11-20)17-9-16-24(26)23-15-8-13-21-12-6-7-14-22(21)23/h3-8,10-15,19,24,26H,9,16-18H2,1-2H3. The predicted molar refractivity (Wildman–Crippen MR) is 110 cm³/mol. The van der Waals surface area contributed by atoms with Gasteiger partial charge in [0, 0.05) is 12.6 Å². The van der Waals surface area contributed by atoms with Crippen molar-refractivity contribution in [3.05, 3.63) is 83.9 Å². The smallest absolute Gasteiger partial charge is 0.0796 e. The molecule has 0 aliphatic heterocycles. The normalized spacial score (nSPS) is 12.8. The van der Waals surface area contributed by atoms with Crippen LogP contribution in [0.4, 0.5) is 0 Å². The molecule has 0 saturated heterocycles.